The average molecular weight is 382 g/mol. The maximum Gasteiger partial charge on any atom is 0.419 e. The van der Waals surface area contributed by atoms with E-state index in [4.69, 9.17) is 14.1 Å². The summed E-state index contributed by atoms with van der Waals surface area (Å²) in [6, 6.07) is 5.91. The summed E-state index contributed by atoms with van der Waals surface area (Å²) < 4.78 is 50.6. The van der Waals surface area contributed by atoms with Crippen molar-refractivity contribution in [3.8, 4) is 5.75 Å². The summed E-state index contributed by atoms with van der Waals surface area (Å²) in [6.07, 6.45) is -0.881. The molecule has 3 rings (SSSR count). The van der Waals surface area contributed by atoms with E-state index in [1.807, 2.05) is 13.0 Å². The molecule has 2 heterocycles. The van der Waals surface area contributed by atoms with Crippen LogP contribution in [0.2, 0.25) is 0 Å². The van der Waals surface area contributed by atoms with E-state index in [1.165, 1.54) is 6.07 Å². The van der Waals surface area contributed by atoms with Gasteiger partial charge in [0, 0.05) is 24.5 Å². The largest absolute Gasteiger partial charge is 0.493 e. The van der Waals surface area contributed by atoms with Gasteiger partial charge in [0.05, 0.1) is 23.6 Å². The third-order valence-corrected chi connectivity index (χ3v) is 4.22. The van der Waals surface area contributed by atoms with Crippen LogP contribution in [0.3, 0.4) is 0 Å². The molecule has 0 atom stereocenters. The number of rotatable bonds is 8. The third kappa shape index (κ3) is 5.24. The molecule has 8 heteroatoms. The van der Waals surface area contributed by atoms with Crippen molar-refractivity contribution < 1.29 is 27.3 Å². The van der Waals surface area contributed by atoms with Gasteiger partial charge >= 0.3 is 6.18 Å². The van der Waals surface area contributed by atoms with Crippen LogP contribution >= 0.6 is 0 Å². The molecule has 0 saturated carbocycles. The molecule has 1 aromatic carbocycles. The molecule has 27 heavy (non-hydrogen) atoms. The lowest BCUT2D eigenvalue weighted by molar-refractivity contribution is -0.139. The predicted octanol–water partition coefficient (Wildman–Crippen LogP) is 4.92. The first kappa shape index (κ1) is 19.3. The number of aryl methyl sites for hydroxylation is 2. The molecule has 0 unspecified atom stereocenters. The van der Waals surface area contributed by atoms with Crippen molar-refractivity contribution in [1.82, 2.24) is 5.16 Å². The molecule has 0 radical (unpaired) electrons. The van der Waals surface area contributed by atoms with E-state index in [9.17, 15) is 13.2 Å². The summed E-state index contributed by atoms with van der Waals surface area (Å²) in [6.45, 7) is 2.47. The minimum absolute atomic E-state index is 0.156. The first-order valence-electron chi connectivity index (χ1n) is 8.89. The molecule has 0 bridgehead atoms. The second kappa shape index (κ2) is 8.45. The number of alkyl halides is 3. The Morgan fingerprint density at radius 1 is 1.15 bits per heavy atom. The topological polar surface area (TPSA) is 56.9 Å². The zero-order valence-electron chi connectivity index (χ0n) is 15.0. The molecule has 1 aromatic heterocycles. The molecule has 0 spiro atoms. The summed E-state index contributed by atoms with van der Waals surface area (Å²) >= 11 is 0. The monoisotopic (exact) mass is 382 g/mol. The maximum absolute atomic E-state index is 13.4. The van der Waals surface area contributed by atoms with Crippen LogP contribution in [-0.2, 0) is 17.4 Å². The number of unbranched alkanes of at least 4 members (excludes halogenated alkanes) is 2. The van der Waals surface area contributed by atoms with Gasteiger partial charge in [-0.05, 0) is 44.4 Å². The number of oxime groups is 1. The van der Waals surface area contributed by atoms with Gasteiger partial charge in [-0.1, -0.05) is 10.3 Å². The summed E-state index contributed by atoms with van der Waals surface area (Å²) in [5.41, 5.74) is 0.988. The van der Waals surface area contributed by atoms with Gasteiger partial charge in [-0.25, -0.2) is 0 Å². The fourth-order valence-corrected chi connectivity index (χ4v) is 2.86. The fraction of sp³-hybridized carbons (Fsp3) is 0.474. The second-order valence-electron chi connectivity index (χ2n) is 6.42. The highest BCUT2D eigenvalue weighted by atomic mass is 19.4. The Morgan fingerprint density at radius 3 is 2.67 bits per heavy atom. The van der Waals surface area contributed by atoms with E-state index in [-0.39, 0.29) is 12.4 Å². The lowest BCUT2D eigenvalue weighted by Gasteiger charge is -2.15. The van der Waals surface area contributed by atoms with Crippen LogP contribution in [0.5, 0.6) is 5.75 Å². The maximum atomic E-state index is 13.4. The molecule has 146 valence electrons. The van der Waals surface area contributed by atoms with Crippen LogP contribution in [0.15, 0.2) is 33.9 Å². The molecule has 2 aromatic rings. The van der Waals surface area contributed by atoms with E-state index < -0.39 is 11.7 Å². The van der Waals surface area contributed by atoms with E-state index in [0.29, 0.717) is 30.7 Å². The molecule has 0 amide bonds. The lowest BCUT2D eigenvalue weighted by Crippen LogP contribution is -2.11. The van der Waals surface area contributed by atoms with Crippen molar-refractivity contribution in [3.05, 3.63) is 46.8 Å². The Hall–Kier alpha value is -2.51. The SMILES string of the molecule is Cc1cc(CCCCCOc2ccc(C3=NOCC3)cc2C(F)(F)F)on1. The highest BCUT2D eigenvalue weighted by Gasteiger charge is 2.35. The number of aromatic nitrogens is 1. The standard InChI is InChI=1S/C19H21F3N2O3/c1-13-11-15(27-23-13)5-3-2-4-9-25-18-7-6-14(17-8-10-26-24-17)12-16(18)19(20,21)22/h6-7,11-12H,2-5,8-10H2,1H3. The number of nitrogens with zero attached hydrogens (tertiary/aromatic N) is 2. The Labute approximate surface area is 155 Å². The van der Waals surface area contributed by atoms with Crippen LogP contribution in [-0.4, -0.2) is 24.1 Å². The van der Waals surface area contributed by atoms with Crippen LogP contribution in [0.1, 0.15) is 48.3 Å². The number of ether oxygens (including phenoxy) is 1. The fourth-order valence-electron chi connectivity index (χ4n) is 2.86. The third-order valence-electron chi connectivity index (χ3n) is 4.22. The smallest absolute Gasteiger partial charge is 0.419 e. The number of halogens is 3. The van der Waals surface area contributed by atoms with Crippen LogP contribution in [0, 0.1) is 6.92 Å². The zero-order valence-corrected chi connectivity index (χ0v) is 15.0. The second-order valence-corrected chi connectivity index (χ2v) is 6.42. The van der Waals surface area contributed by atoms with E-state index in [0.717, 1.165) is 36.8 Å². The van der Waals surface area contributed by atoms with Gasteiger partial charge in [-0.2, -0.15) is 13.2 Å². The number of hydrogen-bond donors (Lipinski definition) is 0. The number of hydrogen-bond acceptors (Lipinski definition) is 5. The molecular weight excluding hydrogens is 361 g/mol. The van der Waals surface area contributed by atoms with Gasteiger partial charge < -0.3 is 14.1 Å². The van der Waals surface area contributed by atoms with Gasteiger partial charge in [0.2, 0.25) is 0 Å². The molecule has 0 saturated heterocycles. The van der Waals surface area contributed by atoms with Gasteiger partial charge in [0.15, 0.2) is 0 Å². The minimum atomic E-state index is -4.49. The van der Waals surface area contributed by atoms with Gasteiger partial charge in [0.25, 0.3) is 0 Å². The van der Waals surface area contributed by atoms with E-state index in [1.54, 1.807) is 6.07 Å². The van der Waals surface area contributed by atoms with Crippen molar-refractivity contribution in [2.75, 3.05) is 13.2 Å². The Bertz CT molecular complexity index is 800. The predicted molar refractivity (Wildman–Crippen MR) is 92.8 cm³/mol. The summed E-state index contributed by atoms with van der Waals surface area (Å²) in [7, 11) is 0. The van der Waals surface area contributed by atoms with Crippen molar-refractivity contribution >= 4 is 5.71 Å². The summed E-state index contributed by atoms with van der Waals surface area (Å²) in [5, 5.41) is 7.59. The van der Waals surface area contributed by atoms with Crippen molar-refractivity contribution in [1.29, 1.82) is 0 Å². The van der Waals surface area contributed by atoms with Gasteiger partial charge in [0.1, 0.15) is 18.1 Å². The van der Waals surface area contributed by atoms with Crippen LogP contribution < -0.4 is 4.74 Å². The molecule has 1 aliphatic rings. The van der Waals surface area contributed by atoms with Gasteiger partial charge in [-0.3, -0.25) is 0 Å². The van der Waals surface area contributed by atoms with Crippen LogP contribution in [0.4, 0.5) is 13.2 Å². The first-order valence-corrected chi connectivity index (χ1v) is 8.89. The quantitative estimate of drug-likeness (QED) is 0.608. The van der Waals surface area contributed by atoms with Gasteiger partial charge in [-0.15, -0.1) is 0 Å². The lowest BCUT2D eigenvalue weighted by atomic mass is 10.0. The molecule has 0 fully saturated rings. The molecule has 0 aliphatic carbocycles. The highest BCUT2D eigenvalue weighted by molar-refractivity contribution is 6.01. The molecule has 0 N–H and O–H groups in total. The molecular formula is C19H21F3N2O3. The Morgan fingerprint density at radius 2 is 2.00 bits per heavy atom. The Balaban J connectivity index is 1.52. The van der Waals surface area contributed by atoms with Crippen molar-refractivity contribution in [2.24, 2.45) is 5.16 Å². The van der Waals surface area contributed by atoms with Crippen molar-refractivity contribution in [3.63, 3.8) is 0 Å². The van der Waals surface area contributed by atoms with E-state index >= 15 is 0 Å². The Kier molecular flexibility index (Phi) is 6.03. The van der Waals surface area contributed by atoms with E-state index in [2.05, 4.69) is 10.3 Å². The van der Waals surface area contributed by atoms with Crippen LogP contribution in [0.25, 0.3) is 0 Å². The van der Waals surface area contributed by atoms with Crippen molar-refractivity contribution in [2.45, 2.75) is 45.2 Å². The highest BCUT2D eigenvalue weighted by Crippen LogP contribution is 2.37. The zero-order chi connectivity index (χ0) is 19.3. The normalized spacial score (nSPS) is 14.1. The number of benzene rings is 1. The minimum Gasteiger partial charge on any atom is -0.493 e. The first-order chi connectivity index (χ1) is 12.9. The summed E-state index contributed by atoms with van der Waals surface area (Å²) in [4.78, 5) is 4.87. The molecule has 1 aliphatic heterocycles. The molecule has 5 nitrogen and oxygen atoms in total. The summed E-state index contributed by atoms with van der Waals surface area (Å²) in [5.74, 6) is 0.666. The average Bonchev–Trinajstić information content (AvgIpc) is 3.29.